The lowest BCUT2D eigenvalue weighted by Crippen LogP contribution is -2.12. The molecule has 0 bridgehead atoms. The van der Waals surface area contributed by atoms with E-state index in [1.165, 1.54) is 6.07 Å². The molecule has 0 heterocycles. The first-order chi connectivity index (χ1) is 6.18. The van der Waals surface area contributed by atoms with Crippen molar-refractivity contribution in [1.82, 2.24) is 0 Å². The van der Waals surface area contributed by atoms with E-state index in [0.29, 0.717) is 11.4 Å². The second kappa shape index (κ2) is 3.11. The van der Waals surface area contributed by atoms with Crippen LogP contribution >= 0.6 is 11.6 Å². The van der Waals surface area contributed by atoms with Gasteiger partial charge in [-0.1, -0.05) is 11.6 Å². The minimum Gasteiger partial charge on any atom is -0.294 e. The minimum atomic E-state index is -0.479. The van der Waals surface area contributed by atoms with E-state index in [1.807, 2.05) is 0 Å². The predicted octanol–water partition coefficient (Wildman–Crippen LogP) is 3.00. The van der Waals surface area contributed by atoms with Gasteiger partial charge in [0.15, 0.2) is 5.78 Å². The maximum Gasteiger partial charge on any atom is 0.166 e. The van der Waals surface area contributed by atoms with E-state index in [9.17, 15) is 9.18 Å². The predicted molar refractivity (Wildman–Crippen MR) is 48.7 cm³/mol. The molecule has 0 fully saturated rings. The number of aryl methyl sites for hydroxylation is 1. The largest absolute Gasteiger partial charge is 0.294 e. The van der Waals surface area contributed by atoms with Crippen molar-refractivity contribution in [2.75, 3.05) is 0 Å². The summed E-state index contributed by atoms with van der Waals surface area (Å²) in [6.07, 6.45) is 2.00. The molecule has 2 rings (SSSR count). The number of carbonyl (C=O) groups is 1. The summed E-state index contributed by atoms with van der Waals surface area (Å²) < 4.78 is 13.3. The molecule has 0 radical (unpaired) electrons. The van der Waals surface area contributed by atoms with Gasteiger partial charge in [-0.05, 0) is 30.5 Å². The minimum absolute atomic E-state index is 0.101. The van der Waals surface area contributed by atoms with Crippen LogP contribution in [0, 0.1) is 5.82 Å². The molecule has 0 saturated heterocycles. The maximum absolute atomic E-state index is 13.3. The fourth-order valence-electron chi connectivity index (χ4n) is 1.70. The van der Waals surface area contributed by atoms with Crippen LogP contribution in [-0.2, 0) is 6.42 Å². The Hall–Kier alpha value is -0.890. The molecule has 1 aromatic rings. The van der Waals surface area contributed by atoms with E-state index >= 15 is 0 Å². The number of ketones is 1. The Kier molecular flexibility index (Phi) is 2.08. The highest BCUT2D eigenvalue weighted by atomic mass is 35.5. The first kappa shape index (κ1) is 8.70. The number of hydrogen-bond donors (Lipinski definition) is 0. The van der Waals surface area contributed by atoms with E-state index in [1.54, 1.807) is 6.07 Å². The summed E-state index contributed by atoms with van der Waals surface area (Å²) in [4.78, 5) is 11.3. The van der Waals surface area contributed by atoms with E-state index in [-0.39, 0.29) is 11.3 Å². The molecule has 0 unspecified atom stereocenters. The fourth-order valence-corrected chi connectivity index (χ4v) is 1.93. The zero-order valence-electron chi connectivity index (χ0n) is 6.94. The van der Waals surface area contributed by atoms with Crippen molar-refractivity contribution < 1.29 is 9.18 Å². The second-order valence-corrected chi connectivity index (χ2v) is 3.63. The summed E-state index contributed by atoms with van der Waals surface area (Å²) in [7, 11) is 0. The Morgan fingerprint density at radius 2 is 2.08 bits per heavy atom. The summed E-state index contributed by atoms with van der Waals surface area (Å²) in [5, 5.41) is 0.367. The van der Waals surface area contributed by atoms with Crippen molar-refractivity contribution in [2.24, 2.45) is 0 Å². The molecule has 0 aromatic heterocycles. The van der Waals surface area contributed by atoms with Gasteiger partial charge in [0.05, 0.1) is 5.56 Å². The Balaban J connectivity index is 2.63. The first-order valence-corrected chi connectivity index (χ1v) is 4.57. The lowest BCUT2D eigenvalue weighted by molar-refractivity contribution is 0.0968. The summed E-state index contributed by atoms with van der Waals surface area (Å²) in [6, 6.07) is 2.88. The fraction of sp³-hybridized carbons (Fsp3) is 0.300. The van der Waals surface area contributed by atoms with Crippen LogP contribution in [0.1, 0.15) is 28.8 Å². The van der Waals surface area contributed by atoms with Crippen LogP contribution in [0.25, 0.3) is 0 Å². The van der Waals surface area contributed by atoms with E-state index in [4.69, 9.17) is 11.6 Å². The molecular formula is C10H8ClFO. The highest BCUT2D eigenvalue weighted by Crippen LogP contribution is 2.26. The van der Waals surface area contributed by atoms with Gasteiger partial charge in [-0.15, -0.1) is 0 Å². The Morgan fingerprint density at radius 3 is 2.85 bits per heavy atom. The van der Waals surface area contributed by atoms with Gasteiger partial charge in [0.2, 0.25) is 0 Å². The molecule has 0 N–H and O–H groups in total. The average molecular weight is 199 g/mol. The highest BCUT2D eigenvalue weighted by Gasteiger charge is 2.21. The van der Waals surface area contributed by atoms with E-state index < -0.39 is 5.82 Å². The third kappa shape index (κ3) is 1.46. The SMILES string of the molecule is O=C1CCCc2cc(Cl)cc(F)c21. The average Bonchev–Trinajstić information content (AvgIpc) is 2.02. The molecule has 0 aliphatic heterocycles. The van der Waals surface area contributed by atoms with Crippen molar-refractivity contribution in [3.8, 4) is 0 Å². The van der Waals surface area contributed by atoms with Crippen molar-refractivity contribution in [3.05, 3.63) is 34.1 Å². The van der Waals surface area contributed by atoms with Gasteiger partial charge in [-0.3, -0.25) is 4.79 Å². The molecule has 3 heteroatoms. The highest BCUT2D eigenvalue weighted by molar-refractivity contribution is 6.30. The standard InChI is InChI=1S/C10H8ClFO/c11-7-4-6-2-1-3-9(13)10(6)8(12)5-7/h4-5H,1-3H2. The third-order valence-electron chi connectivity index (χ3n) is 2.27. The lowest BCUT2D eigenvalue weighted by Gasteiger charge is -2.15. The quantitative estimate of drug-likeness (QED) is 0.626. The Morgan fingerprint density at radius 1 is 1.31 bits per heavy atom. The first-order valence-electron chi connectivity index (χ1n) is 4.19. The summed E-state index contributed by atoms with van der Waals surface area (Å²) in [5.41, 5.74) is 0.997. The number of rotatable bonds is 0. The van der Waals surface area contributed by atoms with Gasteiger partial charge < -0.3 is 0 Å². The van der Waals surface area contributed by atoms with Crippen LogP contribution in [0.4, 0.5) is 4.39 Å². The van der Waals surface area contributed by atoms with E-state index in [2.05, 4.69) is 0 Å². The summed E-state index contributed by atoms with van der Waals surface area (Å²) in [5.74, 6) is -0.581. The molecule has 0 amide bonds. The molecule has 68 valence electrons. The lowest BCUT2D eigenvalue weighted by atomic mass is 9.90. The van der Waals surface area contributed by atoms with Crippen molar-refractivity contribution >= 4 is 17.4 Å². The van der Waals surface area contributed by atoms with Crippen LogP contribution in [0.2, 0.25) is 5.02 Å². The number of hydrogen-bond acceptors (Lipinski definition) is 1. The molecule has 1 aliphatic rings. The molecule has 0 saturated carbocycles. The van der Waals surface area contributed by atoms with Crippen LogP contribution in [0.5, 0.6) is 0 Å². The van der Waals surface area contributed by atoms with E-state index in [0.717, 1.165) is 18.4 Å². The Bertz CT molecular complexity index is 373. The van der Waals surface area contributed by atoms with Crippen molar-refractivity contribution in [1.29, 1.82) is 0 Å². The summed E-state index contributed by atoms with van der Waals surface area (Å²) >= 11 is 5.68. The molecule has 0 spiro atoms. The normalized spacial score (nSPS) is 15.7. The smallest absolute Gasteiger partial charge is 0.166 e. The van der Waals surface area contributed by atoms with Crippen LogP contribution < -0.4 is 0 Å². The maximum atomic E-state index is 13.3. The van der Waals surface area contributed by atoms with Gasteiger partial charge in [0, 0.05) is 11.4 Å². The van der Waals surface area contributed by atoms with Crippen LogP contribution in [-0.4, -0.2) is 5.78 Å². The topological polar surface area (TPSA) is 17.1 Å². The Labute approximate surface area is 80.5 Å². The van der Waals surface area contributed by atoms with Crippen LogP contribution in [0.3, 0.4) is 0 Å². The number of benzene rings is 1. The van der Waals surface area contributed by atoms with Gasteiger partial charge in [-0.2, -0.15) is 0 Å². The summed E-state index contributed by atoms with van der Waals surface area (Å²) in [6.45, 7) is 0. The molecule has 13 heavy (non-hydrogen) atoms. The monoisotopic (exact) mass is 198 g/mol. The molecule has 1 aromatic carbocycles. The number of carbonyl (C=O) groups excluding carboxylic acids is 1. The third-order valence-corrected chi connectivity index (χ3v) is 2.48. The van der Waals surface area contributed by atoms with Crippen molar-refractivity contribution in [3.63, 3.8) is 0 Å². The van der Waals surface area contributed by atoms with Gasteiger partial charge >= 0.3 is 0 Å². The van der Waals surface area contributed by atoms with Crippen molar-refractivity contribution in [2.45, 2.75) is 19.3 Å². The second-order valence-electron chi connectivity index (χ2n) is 3.20. The van der Waals surface area contributed by atoms with Gasteiger partial charge in [-0.25, -0.2) is 4.39 Å². The van der Waals surface area contributed by atoms with Gasteiger partial charge in [0.1, 0.15) is 5.82 Å². The number of Topliss-reactive ketones (excluding diaryl/α,β-unsaturated/α-hetero) is 1. The zero-order valence-corrected chi connectivity index (χ0v) is 7.70. The zero-order chi connectivity index (χ0) is 9.42. The van der Waals surface area contributed by atoms with Gasteiger partial charge in [0.25, 0.3) is 0 Å². The number of fused-ring (bicyclic) bond motifs is 1. The van der Waals surface area contributed by atoms with Crippen LogP contribution in [0.15, 0.2) is 12.1 Å². The molecule has 0 atom stereocenters. The molecular weight excluding hydrogens is 191 g/mol. The number of halogens is 2. The molecule has 1 nitrogen and oxygen atoms in total. The molecule has 1 aliphatic carbocycles.